The van der Waals surface area contributed by atoms with E-state index in [4.69, 9.17) is 0 Å². The van der Waals surface area contributed by atoms with Crippen molar-refractivity contribution in [3.05, 3.63) is 45.6 Å². The van der Waals surface area contributed by atoms with Crippen LogP contribution in [0.15, 0.2) is 33.8 Å². The summed E-state index contributed by atoms with van der Waals surface area (Å²) in [5.41, 5.74) is -1.24. The third-order valence-electron chi connectivity index (χ3n) is 7.03. The fraction of sp³-hybridized carbons (Fsp3) is 0.600. The van der Waals surface area contributed by atoms with Gasteiger partial charge in [-0.1, -0.05) is 5.21 Å². The highest BCUT2D eigenvalue weighted by Gasteiger charge is 2.57. The molecule has 3 aliphatic rings. The number of fused-ring (bicyclic) bond motifs is 2. The molecule has 2 radical (unpaired) electrons. The molecule has 3 aliphatic heterocycles. The molecular formula is C20H27N5O3. The molecule has 1 aromatic carbocycles. The monoisotopic (exact) mass is 385 g/mol. The topological polar surface area (TPSA) is 94.5 Å². The van der Waals surface area contributed by atoms with Gasteiger partial charge in [-0.3, -0.25) is 5.21 Å². The van der Waals surface area contributed by atoms with E-state index < -0.39 is 22.2 Å². The van der Waals surface area contributed by atoms with Crippen molar-refractivity contribution in [1.29, 1.82) is 0 Å². The van der Waals surface area contributed by atoms with E-state index >= 15 is 0 Å². The largest absolute Gasteiger partial charge is 0.286 e. The summed E-state index contributed by atoms with van der Waals surface area (Å²) >= 11 is 0. The molecular weight excluding hydrogens is 358 g/mol. The van der Waals surface area contributed by atoms with Gasteiger partial charge in [0.1, 0.15) is 0 Å². The highest BCUT2D eigenvalue weighted by Crippen LogP contribution is 2.48. The normalized spacial score (nSPS) is 26.2. The van der Waals surface area contributed by atoms with Gasteiger partial charge in [-0.2, -0.15) is 5.06 Å². The average molecular weight is 385 g/mol. The van der Waals surface area contributed by atoms with Crippen LogP contribution in [0.25, 0.3) is 0 Å². The van der Waals surface area contributed by atoms with Crippen molar-refractivity contribution in [3.8, 4) is 0 Å². The highest BCUT2D eigenvalue weighted by molar-refractivity contribution is 5.43. The van der Waals surface area contributed by atoms with Gasteiger partial charge in [0, 0.05) is 0 Å². The Hall–Kier alpha value is -2.00. The van der Waals surface area contributed by atoms with Gasteiger partial charge in [-0.25, -0.2) is 15.0 Å². The zero-order valence-electron chi connectivity index (χ0n) is 17.7. The van der Waals surface area contributed by atoms with Crippen LogP contribution in [0.3, 0.4) is 0 Å². The molecule has 8 nitrogen and oxygen atoms in total. The van der Waals surface area contributed by atoms with E-state index in [0.29, 0.717) is 10.7 Å². The summed E-state index contributed by atoms with van der Waals surface area (Å²) < 4.78 is 0. The summed E-state index contributed by atoms with van der Waals surface area (Å²) in [5, 5.41) is 40.5. The SMILES string of the molecule is CC1(C)c2cc3c(cc2C(C)(C)N1[O])=NC(=C1N([O])C(C)(C)C(C)(C)N1O)N=3. The molecule has 8 heteroatoms. The van der Waals surface area contributed by atoms with Crippen LogP contribution in [0, 0.1) is 0 Å². The van der Waals surface area contributed by atoms with Crippen molar-refractivity contribution in [1.82, 2.24) is 15.2 Å². The van der Waals surface area contributed by atoms with Crippen molar-refractivity contribution >= 4 is 0 Å². The number of benzene rings is 1. The molecule has 28 heavy (non-hydrogen) atoms. The summed E-state index contributed by atoms with van der Waals surface area (Å²) in [6, 6.07) is 3.76. The average Bonchev–Trinajstić information content (AvgIpc) is 3.09. The fourth-order valence-electron chi connectivity index (χ4n) is 4.35. The standard InChI is InChI=1S/C20H27N5O3/c1-17(2)11-9-13-14(10-12(11)18(3,4)25(17)28)22-15(21-13)16-23(26)19(5,6)20(7,8)24(16)27/h9-10,26H,1-8H3. The lowest BCUT2D eigenvalue weighted by atomic mass is 9.84. The first-order valence-corrected chi connectivity index (χ1v) is 9.46. The van der Waals surface area contributed by atoms with Crippen molar-refractivity contribution in [2.24, 2.45) is 9.98 Å². The number of hydrogen-bond donors (Lipinski definition) is 1. The first kappa shape index (κ1) is 19.3. The maximum absolute atomic E-state index is 12.9. The molecule has 150 valence electrons. The summed E-state index contributed by atoms with van der Waals surface area (Å²) in [4.78, 5) is 9.06. The van der Waals surface area contributed by atoms with Gasteiger partial charge in [0.25, 0.3) is 0 Å². The quantitative estimate of drug-likeness (QED) is 0.740. The van der Waals surface area contributed by atoms with Crippen LogP contribution in [-0.4, -0.2) is 31.5 Å². The van der Waals surface area contributed by atoms with Gasteiger partial charge in [0.05, 0.1) is 32.9 Å². The zero-order chi connectivity index (χ0) is 21.0. The Morgan fingerprint density at radius 1 is 0.786 bits per heavy atom. The molecule has 1 aromatic rings. The van der Waals surface area contributed by atoms with E-state index in [-0.39, 0.29) is 11.6 Å². The lowest BCUT2D eigenvalue weighted by Gasteiger charge is -2.36. The molecule has 0 unspecified atom stereocenters. The molecule has 0 bridgehead atoms. The summed E-state index contributed by atoms with van der Waals surface area (Å²) in [6.07, 6.45) is 0. The second-order valence-corrected chi connectivity index (χ2v) is 9.89. The first-order chi connectivity index (χ1) is 12.6. The van der Waals surface area contributed by atoms with Crippen LogP contribution in [0.4, 0.5) is 0 Å². The summed E-state index contributed by atoms with van der Waals surface area (Å²) in [6.45, 7) is 14.7. The zero-order valence-corrected chi connectivity index (χ0v) is 17.7. The Labute approximate surface area is 164 Å². The summed E-state index contributed by atoms with van der Waals surface area (Å²) in [5.74, 6) is 0.222. The van der Waals surface area contributed by atoms with Crippen LogP contribution in [0.2, 0.25) is 0 Å². The van der Waals surface area contributed by atoms with E-state index in [9.17, 15) is 15.6 Å². The van der Waals surface area contributed by atoms with Crippen LogP contribution < -0.4 is 10.7 Å². The molecule has 0 aromatic heterocycles. The highest BCUT2D eigenvalue weighted by atomic mass is 16.6. The van der Waals surface area contributed by atoms with E-state index in [1.165, 1.54) is 0 Å². The predicted octanol–water partition coefficient (Wildman–Crippen LogP) is 2.11. The Kier molecular flexibility index (Phi) is 3.54. The first-order valence-electron chi connectivity index (χ1n) is 9.46. The molecule has 3 heterocycles. The molecule has 1 N–H and O–H groups in total. The smallest absolute Gasteiger partial charge is 0.202 e. The van der Waals surface area contributed by atoms with Crippen LogP contribution in [0.5, 0.6) is 0 Å². The number of hydrogen-bond acceptors (Lipinski definition) is 6. The maximum Gasteiger partial charge on any atom is 0.202 e. The van der Waals surface area contributed by atoms with E-state index in [1.807, 2.05) is 39.8 Å². The molecule has 4 rings (SSSR count). The van der Waals surface area contributed by atoms with Crippen LogP contribution >= 0.6 is 0 Å². The lowest BCUT2D eigenvalue weighted by Crippen LogP contribution is -2.52. The molecule has 0 atom stereocenters. The molecule has 0 spiro atoms. The van der Waals surface area contributed by atoms with E-state index in [2.05, 4.69) is 9.98 Å². The molecule has 0 saturated carbocycles. The van der Waals surface area contributed by atoms with Crippen LogP contribution in [0.1, 0.15) is 66.5 Å². The third-order valence-corrected chi connectivity index (χ3v) is 7.03. The molecule has 0 aliphatic carbocycles. The Morgan fingerprint density at radius 3 is 1.57 bits per heavy atom. The van der Waals surface area contributed by atoms with Gasteiger partial charge in [-0.05, 0) is 78.6 Å². The minimum Gasteiger partial charge on any atom is -0.286 e. The van der Waals surface area contributed by atoms with Gasteiger partial charge in [-0.15, -0.1) is 10.3 Å². The minimum absolute atomic E-state index is 0.0373. The van der Waals surface area contributed by atoms with Gasteiger partial charge in [0.15, 0.2) is 5.82 Å². The molecule has 1 saturated heterocycles. The van der Waals surface area contributed by atoms with Gasteiger partial charge >= 0.3 is 0 Å². The van der Waals surface area contributed by atoms with E-state index in [0.717, 1.165) is 26.3 Å². The summed E-state index contributed by atoms with van der Waals surface area (Å²) in [7, 11) is 0. The number of nitrogens with zero attached hydrogens (tertiary/aromatic N) is 5. The van der Waals surface area contributed by atoms with Crippen molar-refractivity contribution in [3.63, 3.8) is 0 Å². The Morgan fingerprint density at radius 2 is 1.21 bits per heavy atom. The van der Waals surface area contributed by atoms with Gasteiger partial charge < -0.3 is 0 Å². The van der Waals surface area contributed by atoms with E-state index in [1.54, 1.807) is 27.7 Å². The number of rotatable bonds is 0. The predicted molar refractivity (Wildman–Crippen MR) is 98.7 cm³/mol. The second-order valence-electron chi connectivity index (χ2n) is 9.89. The number of hydroxylamine groups is 6. The minimum atomic E-state index is -0.862. The second kappa shape index (κ2) is 5.13. The Balaban J connectivity index is 1.94. The lowest BCUT2D eigenvalue weighted by molar-refractivity contribution is -0.266. The van der Waals surface area contributed by atoms with Crippen LogP contribution in [-0.2, 0) is 21.5 Å². The third kappa shape index (κ3) is 2.03. The fourth-order valence-corrected chi connectivity index (χ4v) is 4.35. The maximum atomic E-state index is 12.9. The van der Waals surface area contributed by atoms with Crippen molar-refractivity contribution in [2.75, 3.05) is 0 Å². The Bertz CT molecular complexity index is 960. The molecule has 1 fully saturated rings. The van der Waals surface area contributed by atoms with Crippen molar-refractivity contribution in [2.45, 2.75) is 77.5 Å². The van der Waals surface area contributed by atoms with Crippen molar-refractivity contribution < 1.29 is 15.6 Å². The molecule has 0 amide bonds. The van der Waals surface area contributed by atoms with Gasteiger partial charge in [0.2, 0.25) is 5.82 Å².